The van der Waals surface area contributed by atoms with Crippen LogP contribution in [0.1, 0.15) is 42.9 Å². The van der Waals surface area contributed by atoms with Gasteiger partial charge >= 0.3 is 5.97 Å². The molecular weight excluding hydrogens is 268 g/mol. The molecule has 1 aromatic carbocycles. The molecule has 0 aliphatic rings. The number of carboxylic acid groups (broad SMARTS) is 1. The van der Waals surface area contributed by atoms with Gasteiger partial charge in [-0.15, -0.1) is 0 Å². The SMILES string of the molecule is CCc1nc2ccc(C(=O)O)cc2n1CC(CC)CCO. The molecule has 0 saturated heterocycles. The minimum atomic E-state index is -0.926. The lowest BCUT2D eigenvalue weighted by Gasteiger charge is -2.16. The zero-order valence-corrected chi connectivity index (χ0v) is 12.5. The number of aromatic nitrogens is 2. The largest absolute Gasteiger partial charge is 0.478 e. The van der Waals surface area contributed by atoms with Crippen molar-refractivity contribution < 1.29 is 15.0 Å². The fourth-order valence-corrected chi connectivity index (χ4v) is 2.64. The molecule has 0 fully saturated rings. The molecule has 1 heterocycles. The summed E-state index contributed by atoms with van der Waals surface area (Å²) in [5.74, 6) is 0.403. The Morgan fingerprint density at radius 2 is 2.14 bits per heavy atom. The smallest absolute Gasteiger partial charge is 0.335 e. The van der Waals surface area contributed by atoms with E-state index < -0.39 is 5.97 Å². The molecule has 2 aromatic rings. The van der Waals surface area contributed by atoms with Crippen LogP contribution in [0, 0.1) is 5.92 Å². The molecule has 1 unspecified atom stereocenters. The van der Waals surface area contributed by atoms with Crippen molar-refractivity contribution in [2.24, 2.45) is 5.92 Å². The van der Waals surface area contributed by atoms with E-state index in [0.29, 0.717) is 5.92 Å². The lowest BCUT2D eigenvalue weighted by molar-refractivity contribution is 0.0697. The van der Waals surface area contributed by atoms with E-state index in [1.165, 1.54) is 0 Å². The minimum Gasteiger partial charge on any atom is -0.478 e. The molecule has 1 aromatic heterocycles. The van der Waals surface area contributed by atoms with Gasteiger partial charge < -0.3 is 14.8 Å². The van der Waals surface area contributed by atoms with E-state index in [-0.39, 0.29) is 12.2 Å². The van der Waals surface area contributed by atoms with Gasteiger partial charge in [-0.25, -0.2) is 9.78 Å². The number of fused-ring (bicyclic) bond motifs is 1. The first kappa shape index (κ1) is 15.5. The molecule has 2 rings (SSSR count). The first-order chi connectivity index (χ1) is 10.1. The van der Waals surface area contributed by atoms with E-state index in [4.69, 9.17) is 10.2 Å². The van der Waals surface area contributed by atoms with Gasteiger partial charge in [0.25, 0.3) is 0 Å². The number of hydrogen-bond acceptors (Lipinski definition) is 3. The van der Waals surface area contributed by atoms with Crippen molar-refractivity contribution in [2.75, 3.05) is 6.61 Å². The molecule has 0 aliphatic heterocycles. The van der Waals surface area contributed by atoms with Crippen LogP contribution in [0.15, 0.2) is 18.2 Å². The first-order valence-electron chi connectivity index (χ1n) is 7.44. The van der Waals surface area contributed by atoms with Gasteiger partial charge in [-0.05, 0) is 30.5 Å². The maximum absolute atomic E-state index is 11.2. The lowest BCUT2D eigenvalue weighted by atomic mass is 10.0. The Balaban J connectivity index is 2.47. The number of carboxylic acids is 1. The molecule has 0 bridgehead atoms. The molecule has 21 heavy (non-hydrogen) atoms. The van der Waals surface area contributed by atoms with Gasteiger partial charge in [0.15, 0.2) is 0 Å². The molecular formula is C16H22N2O3. The fraction of sp³-hybridized carbons (Fsp3) is 0.500. The summed E-state index contributed by atoms with van der Waals surface area (Å²) >= 11 is 0. The number of benzene rings is 1. The Labute approximate surface area is 124 Å². The molecule has 5 nitrogen and oxygen atoms in total. The Morgan fingerprint density at radius 3 is 2.71 bits per heavy atom. The van der Waals surface area contributed by atoms with Crippen LogP contribution in [0.5, 0.6) is 0 Å². The maximum atomic E-state index is 11.2. The van der Waals surface area contributed by atoms with Crippen molar-refractivity contribution in [3.63, 3.8) is 0 Å². The van der Waals surface area contributed by atoms with Gasteiger partial charge in [0.1, 0.15) is 5.82 Å². The molecule has 0 aliphatic carbocycles. The fourth-order valence-electron chi connectivity index (χ4n) is 2.64. The average molecular weight is 290 g/mol. The highest BCUT2D eigenvalue weighted by molar-refractivity contribution is 5.92. The van der Waals surface area contributed by atoms with E-state index in [2.05, 4.69) is 16.5 Å². The molecule has 0 spiro atoms. The van der Waals surface area contributed by atoms with E-state index in [0.717, 1.165) is 42.7 Å². The van der Waals surface area contributed by atoms with Crippen molar-refractivity contribution in [2.45, 2.75) is 39.7 Å². The van der Waals surface area contributed by atoms with Gasteiger partial charge in [0.05, 0.1) is 16.6 Å². The van der Waals surface area contributed by atoms with E-state index >= 15 is 0 Å². The summed E-state index contributed by atoms with van der Waals surface area (Å²) in [5.41, 5.74) is 1.97. The van der Waals surface area contributed by atoms with Crippen molar-refractivity contribution in [3.05, 3.63) is 29.6 Å². The van der Waals surface area contributed by atoms with Crippen molar-refractivity contribution >= 4 is 17.0 Å². The van der Waals surface area contributed by atoms with Gasteiger partial charge in [-0.2, -0.15) is 0 Å². The zero-order valence-electron chi connectivity index (χ0n) is 12.5. The molecule has 0 radical (unpaired) electrons. The first-order valence-corrected chi connectivity index (χ1v) is 7.44. The normalized spacial score (nSPS) is 12.7. The highest BCUT2D eigenvalue weighted by Crippen LogP contribution is 2.22. The Hall–Kier alpha value is -1.88. The summed E-state index contributed by atoms with van der Waals surface area (Å²) < 4.78 is 2.10. The summed E-state index contributed by atoms with van der Waals surface area (Å²) in [4.78, 5) is 15.7. The standard InChI is InChI=1S/C16H22N2O3/c1-3-11(7-8-19)10-18-14-9-12(16(20)21)5-6-13(14)17-15(18)4-2/h5-6,9,11,19H,3-4,7-8,10H2,1-2H3,(H,20,21). The average Bonchev–Trinajstić information content (AvgIpc) is 2.83. The highest BCUT2D eigenvalue weighted by Gasteiger charge is 2.15. The van der Waals surface area contributed by atoms with Crippen LogP contribution in [0.2, 0.25) is 0 Å². The summed E-state index contributed by atoms with van der Waals surface area (Å²) in [7, 11) is 0. The molecule has 5 heteroatoms. The zero-order chi connectivity index (χ0) is 15.4. The van der Waals surface area contributed by atoms with Crippen molar-refractivity contribution in [3.8, 4) is 0 Å². The molecule has 1 atom stereocenters. The summed E-state index contributed by atoms with van der Waals surface area (Å²) in [5, 5.41) is 18.3. The number of aliphatic hydroxyl groups is 1. The van der Waals surface area contributed by atoms with E-state index in [9.17, 15) is 4.79 Å². The molecule has 2 N–H and O–H groups in total. The summed E-state index contributed by atoms with van der Waals surface area (Å²) in [6.45, 7) is 5.09. The van der Waals surface area contributed by atoms with Crippen LogP contribution in [-0.2, 0) is 13.0 Å². The van der Waals surface area contributed by atoms with Crippen LogP contribution >= 0.6 is 0 Å². The highest BCUT2D eigenvalue weighted by atomic mass is 16.4. The third-order valence-electron chi connectivity index (χ3n) is 3.95. The molecule has 114 valence electrons. The second kappa shape index (κ2) is 6.72. The van der Waals surface area contributed by atoms with Gasteiger partial charge in [0, 0.05) is 19.6 Å². The number of aromatic carboxylic acids is 1. The lowest BCUT2D eigenvalue weighted by Crippen LogP contribution is -2.14. The monoisotopic (exact) mass is 290 g/mol. The topological polar surface area (TPSA) is 75.3 Å². The maximum Gasteiger partial charge on any atom is 0.335 e. The number of carbonyl (C=O) groups is 1. The van der Waals surface area contributed by atoms with E-state index in [1.807, 2.05) is 6.92 Å². The van der Waals surface area contributed by atoms with Crippen LogP contribution in [0.4, 0.5) is 0 Å². The number of rotatable bonds is 7. The Kier molecular flexibility index (Phi) is 4.96. The third-order valence-corrected chi connectivity index (χ3v) is 3.95. The van der Waals surface area contributed by atoms with Gasteiger partial charge in [-0.1, -0.05) is 20.3 Å². The van der Waals surface area contributed by atoms with Crippen LogP contribution in [-0.4, -0.2) is 32.3 Å². The quantitative estimate of drug-likeness (QED) is 0.822. The minimum absolute atomic E-state index is 0.174. The van der Waals surface area contributed by atoms with Gasteiger partial charge in [-0.3, -0.25) is 0 Å². The second-order valence-corrected chi connectivity index (χ2v) is 5.29. The van der Waals surface area contributed by atoms with E-state index in [1.54, 1.807) is 18.2 Å². The number of aryl methyl sites for hydroxylation is 1. The summed E-state index contributed by atoms with van der Waals surface area (Å²) in [6.07, 6.45) is 2.52. The van der Waals surface area contributed by atoms with Crippen LogP contribution < -0.4 is 0 Å². The predicted octanol–water partition coefficient (Wildman–Crippen LogP) is 2.71. The van der Waals surface area contributed by atoms with Crippen LogP contribution in [0.25, 0.3) is 11.0 Å². The van der Waals surface area contributed by atoms with Crippen molar-refractivity contribution in [1.82, 2.24) is 9.55 Å². The Bertz CT molecular complexity index is 634. The molecule has 0 saturated carbocycles. The number of nitrogens with zero attached hydrogens (tertiary/aromatic N) is 2. The third kappa shape index (κ3) is 3.24. The second-order valence-electron chi connectivity index (χ2n) is 5.29. The number of aliphatic hydroxyl groups excluding tert-OH is 1. The predicted molar refractivity (Wildman–Crippen MR) is 81.6 cm³/mol. The van der Waals surface area contributed by atoms with Gasteiger partial charge in [0.2, 0.25) is 0 Å². The number of imidazole rings is 1. The number of hydrogen-bond donors (Lipinski definition) is 2. The van der Waals surface area contributed by atoms with Crippen LogP contribution in [0.3, 0.4) is 0 Å². The molecule has 0 amide bonds. The van der Waals surface area contributed by atoms with Crippen molar-refractivity contribution in [1.29, 1.82) is 0 Å². The Morgan fingerprint density at radius 1 is 1.38 bits per heavy atom. The summed E-state index contributed by atoms with van der Waals surface area (Å²) in [6, 6.07) is 5.05.